The topological polar surface area (TPSA) is 82.0 Å². The maximum absolute atomic E-state index is 13.5. The molecule has 2 aromatic rings. The van der Waals surface area contributed by atoms with Gasteiger partial charge < -0.3 is 20.3 Å². The molecule has 180 valence electrons. The first-order chi connectivity index (χ1) is 15.6. The average molecular weight is 479 g/mol. The third kappa shape index (κ3) is 7.96. The van der Waals surface area contributed by atoms with Crippen molar-refractivity contribution in [1.29, 1.82) is 0 Å². The first-order valence-corrected chi connectivity index (χ1v) is 11.5. The standard InChI is InChI=1S/C25H32ClFN2O4/c1-17-13-29(14-18-3-5-20(26)6-4-18)10-9-22(17)28-15-25(2,32)16-33-23-8-7-21(27)11-19(23)12-24(30)31/h3-8,11,17,22,28,32H,9-10,12-16H2,1-2H3,(H,30,31)/t17-,22+,25-/m0/s1. The van der Waals surface area contributed by atoms with Gasteiger partial charge >= 0.3 is 5.97 Å². The van der Waals surface area contributed by atoms with Gasteiger partial charge in [-0.05, 0) is 61.7 Å². The zero-order chi connectivity index (χ0) is 24.0. The summed E-state index contributed by atoms with van der Waals surface area (Å²) in [5.41, 5.74) is 0.309. The van der Waals surface area contributed by atoms with Crippen LogP contribution in [0.1, 0.15) is 31.4 Å². The van der Waals surface area contributed by atoms with Crippen LogP contribution in [0, 0.1) is 11.7 Å². The van der Waals surface area contributed by atoms with Crippen LogP contribution >= 0.6 is 11.6 Å². The number of hydrogen-bond donors (Lipinski definition) is 3. The highest BCUT2D eigenvalue weighted by Crippen LogP contribution is 2.23. The number of nitrogens with zero attached hydrogens (tertiary/aromatic N) is 1. The minimum Gasteiger partial charge on any atom is -0.490 e. The van der Waals surface area contributed by atoms with E-state index in [1.165, 1.54) is 17.7 Å². The third-order valence-corrected chi connectivity index (χ3v) is 6.21. The Labute approximate surface area is 199 Å². The summed E-state index contributed by atoms with van der Waals surface area (Å²) in [6.45, 7) is 6.95. The molecule has 3 atom stereocenters. The first kappa shape index (κ1) is 25.4. The molecule has 1 aliphatic rings. The molecule has 0 unspecified atom stereocenters. The van der Waals surface area contributed by atoms with Gasteiger partial charge in [-0.1, -0.05) is 30.7 Å². The van der Waals surface area contributed by atoms with E-state index in [2.05, 4.69) is 29.3 Å². The Morgan fingerprint density at radius 1 is 1.30 bits per heavy atom. The quantitative estimate of drug-likeness (QED) is 0.482. The number of carboxylic acids is 1. The molecule has 0 bridgehead atoms. The van der Waals surface area contributed by atoms with Gasteiger partial charge in [-0.15, -0.1) is 0 Å². The highest BCUT2D eigenvalue weighted by atomic mass is 35.5. The fraction of sp³-hybridized carbons (Fsp3) is 0.480. The van der Waals surface area contributed by atoms with Gasteiger partial charge in [0.2, 0.25) is 0 Å². The summed E-state index contributed by atoms with van der Waals surface area (Å²) >= 11 is 5.97. The van der Waals surface area contributed by atoms with Gasteiger partial charge in [-0.2, -0.15) is 0 Å². The fourth-order valence-corrected chi connectivity index (χ4v) is 4.28. The van der Waals surface area contributed by atoms with Crippen molar-refractivity contribution in [3.8, 4) is 5.75 Å². The minimum absolute atomic E-state index is 0.0396. The van der Waals surface area contributed by atoms with Crippen LogP contribution in [0.3, 0.4) is 0 Å². The van der Waals surface area contributed by atoms with E-state index in [0.29, 0.717) is 12.5 Å². The summed E-state index contributed by atoms with van der Waals surface area (Å²) in [5, 5.41) is 24.0. The number of aliphatic hydroxyl groups is 1. The van der Waals surface area contributed by atoms with Crippen molar-refractivity contribution >= 4 is 17.6 Å². The number of halogens is 2. The van der Waals surface area contributed by atoms with Crippen LogP contribution < -0.4 is 10.1 Å². The number of piperidine rings is 1. The van der Waals surface area contributed by atoms with Crippen molar-refractivity contribution in [1.82, 2.24) is 10.2 Å². The number of carbonyl (C=O) groups is 1. The van der Waals surface area contributed by atoms with Gasteiger partial charge in [-0.25, -0.2) is 4.39 Å². The van der Waals surface area contributed by atoms with Gasteiger partial charge in [0.05, 0.1) is 6.42 Å². The van der Waals surface area contributed by atoms with Crippen LogP contribution in [0.4, 0.5) is 4.39 Å². The smallest absolute Gasteiger partial charge is 0.307 e. The Morgan fingerprint density at radius 2 is 2.03 bits per heavy atom. The molecule has 1 aliphatic heterocycles. The van der Waals surface area contributed by atoms with Crippen molar-refractivity contribution in [3.05, 3.63) is 64.4 Å². The fourth-order valence-electron chi connectivity index (χ4n) is 4.15. The lowest BCUT2D eigenvalue weighted by Gasteiger charge is -2.38. The third-order valence-electron chi connectivity index (χ3n) is 5.96. The number of nitrogens with one attached hydrogen (secondary N) is 1. The average Bonchev–Trinajstić information content (AvgIpc) is 2.74. The van der Waals surface area contributed by atoms with E-state index in [0.717, 1.165) is 37.1 Å². The molecule has 6 nitrogen and oxygen atoms in total. The highest BCUT2D eigenvalue weighted by molar-refractivity contribution is 6.30. The molecule has 3 N–H and O–H groups in total. The van der Waals surface area contributed by atoms with E-state index in [1.807, 2.05) is 12.1 Å². The number of ether oxygens (including phenoxy) is 1. The van der Waals surface area contributed by atoms with Crippen LogP contribution in [-0.2, 0) is 17.8 Å². The summed E-state index contributed by atoms with van der Waals surface area (Å²) in [5.74, 6) is -0.927. The maximum atomic E-state index is 13.5. The van der Waals surface area contributed by atoms with Gasteiger partial charge in [0, 0.05) is 36.3 Å². The maximum Gasteiger partial charge on any atom is 0.307 e. The Hall–Kier alpha value is -2.19. The van der Waals surface area contributed by atoms with Crippen LogP contribution in [-0.4, -0.2) is 59.0 Å². The molecule has 2 aromatic carbocycles. The second-order valence-corrected chi connectivity index (χ2v) is 9.66. The van der Waals surface area contributed by atoms with Crippen molar-refractivity contribution in [2.24, 2.45) is 5.92 Å². The van der Waals surface area contributed by atoms with E-state index in [9.17, 15) is 14.3 Å². The van der Waals surface area contributed by atoms with E-state index in [1.54, 1.807) is 6.92 Å². The minimum atomic E-state index is -1.17. The Morgan fingerprint density at radius 3 is 2.70 bits per heavy atom. The molecule has 1 heterocycles. The number of benzene rings is 2. The van der Waals surface area contributed by atoms with Crippen molar-refractivity contribution < 1.29 is 24.1 Å². The normalized spacial score (nSPS) is 20.9. The Kier molecular flexibility index (Phi) is 8.70. The number of likely N-dealkylation sites (tertiary alicyclic amines) is 1. The molecule has 0 saturated carbocycles. The summed E-state index contributed by atoms with van der Waals surface area (Å²) in [4.78, 5) is 13.5. The highest BCUT2D eigenvalue weighted by Gasteiger charge is 2.29. The summed E-state index contributed by atoms with van der Waals surface area (Å²) in [6, 6.07) is 12.0. The summed E-state index contributed by atoms with van der Waals surface area (Å²) in [6.07, 6.45) is 0.617. The van der Waals surface area contributed by atoms with Crippen LogP contribution in [0.2, 0.25) is 5.02 Å². The number of aliphatic carboxylic acids is 1. The van der Waals surface area contributed by atoms with E-state index in [4.69, 9.17) is 21.4 Å². The molecule has 1 fully saturated rings. The number of hydrogen-bond acceptors (Lipinski definition) is 5. The molecule has 0 aliphatic carbocycles. The Bertz CT molecular complexity index is 939. The van der Waals surface area contributed by atoms with Crippen LogP contribution in [0.25, 0.3) is 0 Å². The summed E-state index contributed by atoms with van der Waals surface area (Å²) < 4.78 is 19.2. The molecular weight excluding hydrogens is 447 g/mol. The Balaban J connectivity index is 1.47. The van der Waals surface area contributed by atoms with Crippen LogP contribution in [0.15, 0.2) is 42.5 Å². The number of rotatable bonds is 10. The molecule has 0 amide bonds. The van der Waals surface area contributed by atoms with Gasteiger partial charge in [-0.3, -0.25) is 9.69 Å². The summed E-state index contributed by atoms with van der Waals surface area (Å²) in [7, 11) is 0. The lowest BCUT2D eigenvalue weighted by atomic mass is 9.92. The van der Waals surface area contributed by atoms with E-state index >= 15 is 0 Å². The molecule has 0 aromatic heterocycles. The molecule has 3 rings (SSSR count). The molecule has 1 saturated heterocycles. The van der Waals surface area contributed by atoms with Crippen molar-refractivity contribution in [2.75, 3.05) is 26.2 Å². The molecule has 0 radical (unpaired) electrons. The van der Waals surface area contributed by atoms with E-state index in [-0.39, 0.29) is 30.4 Å². The first-order valence-electron chi connectivity index (χ1n) is 11.2. The second-order valence-electron chi connectivity index (χ2n) is 9.22. The van der Waals surface area contributed by atoms with E-state index < -0.39 is 17.4 Å². The molecule has 8 heteroatoms. The predicted octanol–water partition coefficient (Wildman–Crippen LogP) is 3.74. The lowest BCUT2D eigenvalue weighted by Crippen LogP contribution is -2.52. The molecule has 33 heavy (non-hydrogen) atoms. The lowest BCUT2D eigenvalue weighted by molar-refractivity contribution is -0.136. The van der Waals surface area contributed by atoms with Crippen LogP contribution in [0.5, 0.6) is 5.75 Å². The zero-order valence-electron chi connectivity index (χ0n) is 19.1. The van der Waals surface area contributed by atoms with Gasteiger partial charge in [0.1, 0.15) is 23.8 Å². The van der Waals surface area contributed by atoms with Gasteiger partial charge in [0.15, 0.2) is 0 Å². The second kappa shape index (κ2) is 11.3. The van der Waals surface area contributed by atoms with Crippen molar-refractivity contribution in [3.63, 3.8) is 0 Å². The zero-order valence-corrected chi connectivity index (χ0v) is 19.8. The molecular formula is C25H32ClFN2O4. The monoisotopic (exact) mass is 478 g/mol. The number of carboxylic acid groups (broad SMARTS) is 1. The van der Waals surface area contributed by atoms with Gasteiger partial charge in [0.25, 0.3) is 0 Å². The van der Waals surface area contributed by atoms with Crippen molar-refractivity contribution in [2.45, 2.75) is 44.9 Å². The largest absolute Gasteiger partial charge is 0.490 e. The predicted molar refractivity (Wildman–Crippen MR) is 126 cm³/mol. The molecule has 0 spiro atoms. The SMILES string of the molecule is C[C@H]1CN(Cc2ccc(Cl)cc2)CC[C@H]1NC[C@](C)(O)COc1ccc(F)cc1CC(=O)O.